The number of para-hydroxylation sites is 1. The van der Waals surface area contributed by atoms with E-state index in [0.29, 0.717) is 12.1 Å². The number of likely N-dealkylation sites (N-methyl/N-ethyl adjacent to an activating group) is 1. The lowest BCUT2D eigenvalue weighted by atomic mass is 10.0. The van der Waals surface area contributed by atoms with Crippen LogP contribution in [-0.4, -0.2) is 30.5 Å². The molecule has 2 aromatic carbocycles. The fourth-order valence-corrected chi connectivity index (χ4v) is 3.00. The van der Waals surface area contributed by atoms with Gasteiger partial charge in [-0.05, 0) is 37.3 Å². The van der Waals surface area contributed by atoms with Crippen molar-refractivity contribution in [3.05, 3.63) is 65.9 Å². The first kappa shape index (κ1) is 18.1. The Labute approximate surface area is 150 Å². The molecule has 1 aromatic heterocycles. The van der Waals surface area contributed by atoms with Crippen LogP contribution in [0.1, 0.15) is 22.8 Å². The van der Waals surface area contributed by atoms with Crippen molar-refractivity contribution >= 4 is 16.7 Å². The van der Waals surface area contributed by atoms with Gasteiger partial charge in [-0.3, -0.25) is 4.79 Å². The predicted octanol–water partition coefficient (Wildman–Crippen LogP) is 3.06. The largest absolute Gasteiger partial charge is 0.435 e. The van der Waals surface area contributed by atoms with Gasteiger partial charge in [0, 0.05) is 28.2 Å². The number of aromatic nitrogens is 1. The van der Waals surface area contributed by atoms with Crippen molar-refractivity contribution in [2.75, 3.05) is 7.05 Å². The number of carbonyl (C=O) groups excluding carboxylic acids is 1. The van der Waals surface area contributed by atoms with Gasteiger partial charge < -0.3 is 14.6 Å². The average Bonchev–Trinajstić information content (AvgIpc) is 3.05. The van der Waals surface area contributed by atoms with Crippen LogP contribution in [0.5, 0.6) is 5.75 Å². The Hall–Kier alpha value is -2.73. The van der Waals surface area contributed by atoms with E-state index < -0.39 is 6.61 Å². The molecule has 0 saturated carbocycles. The molecule has 0 radical (unpaired) electrons. The maximum absolute atomic E-state index is 12.9. The molecule has 0 amide bonds. The number of ether oxygens (including phenoxy) is 1. The second-order valence-electron chi connectivity index (χ2n) is 6.38. The Kier molecular flexibility index (Phi) is 5.32. The lowest BCUT2D eigenvalue weighted by Crippen LogP contribution is -3.12. The summed E-state index contributed by atoms with van der Waals surface area (Å²) in [6.45, 7) is -0.333. The zero-order chi connectivity index (χ0) is 18.7. The molecule has 0 fully saturated rings. The zero-order valence-electron chi connectivity index (χ0n) is 14.6. The van der Waals surface area contributed by atoms with E-state index in [9.17, 15) is 13.6 Å². The summed E-state index contributed by atoms with van der Waals surface area (Å²) in [7, 11) is 1.95. The predicted molar refractivity (Wildman–Crippen MR) is 95.8 cm³/mol. The van der Waals surface area contributed by atoms with Crippen LogP contribution in [-0.2, 0) is 6.54 Å². The van der Waals surface area contributed by atoms with Gasteiger partial charge in [-0.1, -0.05) is 18.2 Å². The van der Waals surface area contributed by atoms with Crippen LogP contribution in [0.3, 0.4) is 0 Å². The number of aromatic amines is 1. The van der Waals surface area contributed by atoms with Gasteiger partial charge in [0.15, 0.2) is 0 Å². The minimum absolute atomic E-state index is 0.0672. The van der Waals surface area contributed by atoms with Gasteiger partial charge in [-0.2, -0.15) is 8.78 Å². The summed E-state index contributed by atoms with van der Waals surface area (Å²) in [6, 6.07) is 14.0. The third-order valence-electron chi connectivity index (χ3n) is 4.62. The van der Waals surface area contributed by atoms with E-state index in [2.05, 4.69) is 9.72 Å². The van der Waals surface area contributed by atoms with E-state index in [0.717, 1.165) is 21.4 Å². The van der Waals surface area contributed by atoms with Gasteiger partial charge in [0.25, 0.3) is 0 Å². The molecule has 6 heteroatoms. The Bertz CT molecular complexity index is 890. The van der Waals surface area contributed by atoms with Crippen LogP contribution in [0.2, 0.25) is 0 Å². The summed E-state index contributed by atoms with van der Waals surface area (Å²) in [6.07, 6.45) is 1.76. The topological polar surface area (TPSA) is 46.5 Å². The Morgan fingerprint density at radius 1 is 1.15 bits per heavy atom. The number of H-pyrrole nitrogens is 1. The number of fused-ring (bicyclic) bond motifs is 1. The van der Waals surface area contributed by atoms with Crippen LogP contribution in [0, 0.1) is 0 Å². The van der Waals surface area contributed by atoms with Gasteiger partial charge in [-0.25, -0.2) is 0 Å². The van der Waals surface area contributed by atoms with E-state index in [1.54, 1.807) is 18.3 Å². The SMILES string of the molecule is C[C@H](C(=O)c1c[nH]c2ccccc12)[NH+](C)Cc1ccc(OC(F)F)cc1. The van der Waals surface area contributed by atoms with Crippen LogP contribution < -0.4 is 9.64 Å². The number of rotatable bonds is 7. The fourth-order valence-electron chi connectivity index (χ4n) is 3.00. The number of Topliss-reactive ketones (excluding diaryl/α,β-unsaturated/α-hetero) is 1. The molecule has 3 rings (SSSR count). The summed E-state index contributed by atoms with van der Waals surface area (Å²) in [5.74, 6) is 0.196. The maximum Gasteiger partial charge on any atom is 0.387 e. The van der Waals surface area contributed by atoms with Crippen LogP contribution in [0.4, 0.5) is 8.78 Å². The Balaban J connectivity index is 1.69. The fraction of sp³-hybridized carbons (Fsp3) is 0.250. The molecule has 2 atom stereocenters. The molecule has 0 spiro atoms. The highest BCUT2D eigenvalue weighted by atomic mass is 19.3. The minimum Gasteiger partial charge on any atom is -0.435 e. The van der Waals surface area contributed by atoms with E-state index in [1.165, 1.54) is 12.1 Å². The number of benzene rings is 2. The third-order valence-corrected chi connectivity index (χ3v) is 4.62. The number of halogens is 2. The minimum atomic E-state index is -2.83. The van der Waals surface area contributed by atoms with Crippen molar-refractivity contribution in [1.29, 1.82) is 0 Å². The summed E-state index contributed by atoms with van der Waals surface area (Å²) in [4.78, 5) is 17.0. The first-order valence-electron chi connectivity index (χ1n) is 8.42. The third kappa shape index (κ3) is 3.91. The van der Waals surface area contributed by atoms with Crippen molar-refractivity contribution in [2.45, 2.75) is 26.1 Å². The highest BCUT2D eigenvalue weighted by Crippen LogP contribution is 2.19. The molecule has 1 heterocycles. The molecule has 0 aliphatic carbocycles. The number of hydrogen-bond donors (Lipinski definition) is 2. The van der Waals surface area contributed by atoms with Crippen molar-refractivity contribution in [2.24, 2.45) is 0 Å². The molecule has 0 saturated heterocycles. The molecule has 26 heavy (non-hydrogen) atoms. The molecule has 0 aliphatic heterocycles. The first-order chi connectivity index (χ1) is 12.5. The summed E-state index contributed by atoms with van der Waals surface area (Å²) < 4.78 is 28.8. The highest BCUT2D eigenvalue weighted by Gasteiger charge is 2.25. The number of nitrogens with one attached hydrogen (secondary N) is 2. The number of quaternary nitrogens is 1. The molecular formula is C20H21F2N2O2+. The molecule has 2 N–H and O–H groups in total. The van der Waals surface area contributed by atoms with Crippen molar-refractivity contribution in [3.8, 4) is 5.75 Å². The number of carbonyl (C=O) groups is 1. The lowest BCUT2D eigenvalue weighted by molar-refractivity contribution is -0.907. The monoisotopic (exact) mass is 359 g/mol. The summed E-state index contributed by atoms with van der Waals surface area (Å²) in [5.41, 5.74) is 2.58. The summed E-state index contributed by atoms with van der Waals surface area (Å²) in [5, 5.41) is 0.922. The molecule has 0 aliphatic rings. The van der Waals surface area contributed by atoms with Gasteiger partial charge in [0.1, 0.15) is 18.3 Å². The molecule has 3 aromatic rings. The zero-order valence-corrected chi connectivity index (χ0v) is 14.6. The van der Waals surface area contributed by atoms with E-state index in [-0.39, 0.29) is 17.6 Å². The van der Waals surface area contributed by atoms with E-state index in [1.807, 2.05) is 38.2 Å². The lowest BCUT2D eigenvalue weighted by Gasteiger charge is -2.20. The highest BCUT2D eigenvalue weighted by molar-refractivity contribution is 6.09. The molecule has 1 unspecified atom stereocenters. The molecule has 4 nitrogen and oxygen atoms in total. The Morgan fingerprint density at radius 3 is 2.54 bits per heavy atom. The molecular weight excluding hydrogens is 338 g/mol. The number of ketones is 1. The first-order valence-corrected chi connectivity index (χ1v) is 8.42. The van der Waals surface area contributed by atoms with Gasteiger partial charge >= 0.3 is 6.61 Å². The smallest absolute Gasteiger partial charge is 0.387 e. The number of hydrogen-bond acceptors (Lipinski definition) is 2. The van der Waals surface area contributed by atoms with Crippen molar-refractivity contribution in [3.63, 3.8) is 0 Å². The number of alkyl halides is 2. The van der Waals surface area contributed by atoms with Crippen LogP contribution in [0.25, 0.3) is 10.9 Å². The average molecular weight is 359 g/mol. The maximum atomic E-state index is 12.9. The second kappa shape index (κ2) is 7.66. The van der Waals surface area contributed by atoms with Crippen LogP contribution in [0.15, 0.2) is 54.7 Å². The van der Waals surface area contributed by atoms with E-state index in [4.69, 9.17) is 0 Å². The molecule has 0 bridgehead atoms. The van der Waals surface area contributed by atoms with Crippen molar-refractivity contribution < 1.29 is 23.2 Å². The quantitative estimate of drug-likeness (QED) is 0.637. The van der Waals surface area contributed by atoms with Gasteiger partial charge in [0.05, 0.1) is 7.05 Å². The standard InChI is InChI=1S/C20H20F2N2O2/c1-13(19(25)17-11-23-18-6-4-3-5-16(17)18)24(2)12-14-7-9-15(10-8-14)26-20(21)22/h3-11,13,20,23H,12H2,1-2H3/p+1/t13-/m1/s1. The second-order valence-corrected chi connectivity index (χ2v) is 6.38. The van der Waals surface area contributed by atoms with Gasteiger partial charge in [-0.15, -0.1) is 0 Å². The molecule has 136 valence electrons. The Morgan fingerprint density at radius 2 is 1.85 bits per heavy atom. The van der Waals surface area contributed by atoms with Crippen LogP contribution >= 0.6 is 0 Å². The van der Waals surface area contributed by atoms with E-state index >= 15 is 0 Å². The summed E-state index contributed by atoms with van der Waals surface area (Å²) >= 11 is 0. The normalized spacial score (nSPS) is 13.7. The van der Waals surface area contributed by atoms with Crippen molar-refractivity contribution in [1.82, 2.24) is 4.98 Å². The van der Waals surface area contributed by atoms with Gasteiger partial charge in [0.2, 0.25) is 5.78 Å².